The highest BCUT2D eigenvalue weighted by atomic mass is 16.5. The van der Waals surface area contributed by atoms with Crippen molar-refractivity contribution in [2.45, 2.75) is 0 Å². The lowest BCUT2D eigenvalue weighted by atomic mass is 9.97. The lowest BCUT2D eigenvalue weighted by Crippen LogP contribution is -2.24. The van der Waals surface area contributed by atoms with Crippen molar-refractivity contribution in [3.8, 4) is 5.75 Å². The van der Waals surface area contributed by atoms with E-state index in [-0.39, 0.29) is 11.4 Å². The topological polar surface area (TPSA) is 43.4 Å². The summed E-state index contributed by atoms with van der Waals surface area (Å²) in [6.45, 7) is 3.43. The molecule has 0 amide bonds. The third-order valence-corrected chi connectivity index (χ3v) is 2.84. The van der Waals surface area contributed by atoms with Crippen LogP contribution in [0.4, 0.5) is 0 Å². The highest BCUT2D eigenvalue weighted by Crippen LogP contribution is 2.34. The monoisotopic (exact) mass is 224 g/mol. The summed E-state index contributed by atoms with van der Waals surface area (Å²) in [5.41, 5.74) is 0.279. The number of carbonyl (C=O) groups excluding carboxylic acids is 2. The second-order valence-corrected chi connectivity index (χ2v) is 3.86. The molecule has 0 fully saturated rings. The Labute approximate surface area is 97.3 Å². The minimum absolute atomic E-state index is 0.118. The van der Waals surface area contributed by atoms with Gasteiger partial charge in [0.05, 0.1) is 5.56 Å². The van der Waals surface area contributed by atoms with E-state index < -0.39 is 5.97 Å². The van der Waals surface area contributed by atoms with E-state index in [9.17, 15) is 9.59 Å². The maximum atomic E-state index is 11.9. The minimum atomic E-state index is -0.668. The van der Waals surface area contributed by atoms with Crippen LogP contribution in [0.25, 0.3) is 10.8 Å². The first-order valence-corrected chi connectivity index (χ1v) is 5.16. The van der Waals surface area contributed by atoms with E-state index in [1.807, 2.05) is 30.3 Å². The van der Waals surface area contributed by atoms with Crippen molar-refractivity contribution in [2.24, 2.45) is 0 Å². The molecule has 0 saturated heterocycles. The lowest BCUT2D eigenvalue weighted by molar-refractivity contribution is -0.130. The van der Waals surface area contributed by atoms with E-state index in [0.29, 0.717) is 11.3 Å². The number of carbonyl (C=O) groups is 2. The predicted molar refractivity (Wildman–Crippen MR) is 63.1 cm³/mol. The van der Waals surface area contributed by atoms with Crippen LogP contribution < -0.4 is 4.74 Å². The summed E-state index contributed by atoms with van der Waals surface area (Å²) in [5, 5.41) is 1.69. The summed E-state index contributed by atoms with van der Waals surface area (Å²) in [5.74, 6) is -0.689. The Kier molecular flexibility index (Phi) is 1.89. The second kappa shape index (κ2) is 3.28. The molecule has 2 aromatic rings. The molecule has 3 rings (SSSR count). The number of ketones is 1. The Balaban J connectivity index is 2.38. The molecule has 0 bridgehead atoms. The van der Waals surface area contributed by atoms with Crippen LogP contribution in [0.3, 0.4) is 0 Å². The fraction of sp³-hybridized carbons (Fsp3) is 0. The van der Waals surface area contributed by atoms with Crippen LogP contribution in [-0.2, 0) is 4.79 Å². The first-order chi connectivity index (χ1) is 8.18. The van der Waals surface area contributed by atoms with E-state index in [4.69, 9.17) is 4.74 Å². The summed E-state index contributed by atoms with van der Waals surface area (Å²) in [7, 11) is 0. The molecule has 0 spiro atoms. The quantitative estimate of drug-likeness (QED) is 0.299. The highest BCUT2D eigenvalue weighted by molar-refractivity contribution is 6.28. The Morgan fingerprint density at radius 1 is 1.00 bits per heavy atom. The molecule has 1 aliphatic rings. The van der Waals surface area contributed by atoms with E-state index in [1.54, 1.807) is 6.07 Å². The smallest absolute Gasteiger partial charge is 0.346 e. The van der Waals surface area contributed by atoms with Crippen molar-refractivity contribution in [3.05, 3.63) is 54.1 Å². The fourth-order valence-corrected chi connectivity index (χ4v) is 1.94. The zero-order valence-electron chi connectivity index (χ0n) is 8.90. The van der Waals surface area contributed by atoms with Crippen LogP contribution in [0.5, 0.6) is 5.75 Å². The molecule has 2 aromatic carbocycles. The van der Waals surface area contributed by atoms with E-state index in [1.165, 1.54) is 0 Å². The molecule has 0 aromatic heterocycles. The van der Waals surface area contributed by atoms with E-state index in [0.717, 1.165) is 10.8 Å². The van der Waals surface area contributed by atoms with Gasteiger partial charge < -0.3 is 4.74 Å². The maximum absolute atomic E-state index is 11.9. The molecule has 0 atom stereocenters. The zero-order chi connectivity index (χ0) is 12.0. The van der Waals surface area contributed by atoms with E-state index >= 15 is 0 Å². The molecule has 1 heterocycles. The van der Waals surface area contributed by atoms with Crippen molar-refractivity contribution in [2.75, 3.05) is 0 Å². The molecule has 0 N–H and O–H groups in total. The van der Waals surface area contributed by atoms with Crippen LogP contribution in [0.2, 0.25) is 0 Å². The maximum Gasteiger partial charge on any atom is 0.346 e. The predicted octanol–water partition coefficient (Wildman–Crippen LogP) is 2.50. The van der Waals surface area contributed by atoms with Crippen LogP contribution >= 0.6 is 0 Å². The number of hydrogen-bond donors (Lipinski definition) is 0. The molecule has 1 aliphatic heterocycles. The van der Waals surface area contributed by atoms with Crippen LogP contribution in [0.15, 0.2) is 48.6 Å². The lowest BCUT2D eigenvalue weighted by Gasteiger charge is -2.17. The Bertz CT molecular complexity index is 683. The summed E-state index contributed by atoms with van der Waals surface area (Å²) in [4.78, 5) is 23.3. The number of fused-ring (bicyclic) bond motifs is 3. The molecule has 0 radical (unpaired) electrons. The largest absolute Gasteiger partial charge is 0.421 e. The third-order valence-electron chi connectivity index (χ3n) is 2.84. The van der Waals surface area contributed by atoms with Gasteiger partial charge in [0.15, 0.2) is 0 Å². The van der Waals surface area contributed by atoms with Gasteiger partial charge in [0.1, 0.15) is 11.3 Å². The number of hydrogen-bond acceptors (Lipinski definition) is 3. The van der Waals surface area contributed by atoms with Gasteiger partial charge in [-0.15, -0.1) is 0 Å². The number of benzene rings is 2. The van der Waals surface area contributed by atoms with Crippen molar-refractivity contribution >= 4 is 22.5 Å². The Hall–Kier alpha value is -2.42. The summed E-state index contributed by atoms with van der Waals surface area (Å²) in [6, 6.07) is 10.9. The van der Waals surface area contributed by atoms with Crippen LogP contribution in [0.1, 0.15) is 10.4 Å². The van der Waals surface area contributed by atoms with Gasteiger partial charge in [-0.1, -0.05) is 36.9 Å². The average Bonchev–Trinajstić information content (AvgIpc) is 2.36. The molecule has 82 valence electrons. The molecule has 0 saturated carbocycles. The van der Waals surface area contributed by atoms with Gasteiger partial charge in [-0.25, -0.2) is 4.79 Å². The molecule has 17 heavy (non-hydrogen) atoms. The molecule has 0 aliphatic carbocycles. The number of rotatable bonds is 0. The van der Waals surface area contributed by atoms with Crippen LogP contribution in [0, 0.1) is 0 Å². The van der Waals surface area contributed by atoms with Gasteiger partial charge >= 0.3 is 5.97 Å². The summed E-state index contributed by atoms with van der Waals surface area (Å²) < 4.78 is 5.17. The molecular formula is C14H8O3. The van der Waals surface area contributed by atoms with Gasteiger partial charge in [-0.2, -0.15) is 0 Å². The van der Waals surface area contributed by atoms with Crippen molar-refractivity contribution in [1.82, 2.24) is 0 Å². The van der Waals surface area contributed by atoms with Gasteiger partial charge in [0, 0.05) is 5.39 Å². The summed E-state index contributed by atoms with van der Waals surface area (Å²) >= 11 is 0. The average molecular weight is 224 g/mol. The fourth-order valence-electron chi connectivity index (χ4n) is 1.94. The molecule has 3 heteroatoms. The highest BCUT2D eigenvalue weighted by Gasteiger charge is 2.30. The Morgan fingerprint density at radius 2 is 1.76 bits per heavy atom. The first-order valence-electron chi connectivity index (χ1n) is 5.16. The number of ether oxygens (including phenoxy) is 1. The van der Waals surface area contributed by atoms with Crippen molar-refractivity contribution in [1.29, 1.82) is 0 Å². The number of esters is 1. The normalized spacial score (nSPS) is 14.7. The molecule has 3 nitrogen and oxygen atoms in total. The van der Waals surface area contributed by atoms with Gasteiger partial charge in [0.25, 0.3) is 0 Å². The number of Topliss-reactive ketones (excluding diaryl/α,β-unsaturated/α-hetero) is 1. The summed E-state index contributed by atoms with van der Waals surface area (Å²) in [6.07, 6.45) is 0. The molecule has 0 unspecified atom stereocenters. The van der Waals surface area contributed by atoms with Gasteiger partial charge in [-0.3, -0.25) is 4.79 Å². The van der Waals surface area contributed by atoms with Gasteiger partial charge in [0.2, 0.25) is 5.78 Å². The van der Waals surface area contributed by atoms with Crippen molar-refractivity contribution in [3.63, 3.8) is 0 Å². The third kappa shape index (κ3) is 1.29. The van der Waals surface area contributed by atoms with E-state index in [2.05, 4.69) is 6.58 Å². The van der Waals surface area contributed by atoms with Crippen LogP contribution in [-0.4, -0.2) is 11.8 Å². The Morgan fingerprint density at radius 3 is 2.59 bits per heavy atom. The first kappa shape index (κ1) is 9.78. The van der Waals surface area contributed by atoms with Crippen molar-refractivity contribution < 1.29 is 14.3 Å². The second-order valence-electron chi connectivity index (χ2n) is 3.86. The zero-order valence-corrected chi connectivity index (χ0v) is 8.90. The minimum Gasteiger partial charge on any atom is -0.421 e. The van der Waals surface area contributed by atoms with Gasteiger partial charge in [-0.05, 0) is 11.5 Å². The molecular weight excluding hydrogens is 216 g/mol. The standard InChI is InChI=1S/C14H8O3/c1-8-12(15)11-7-6-9-4-2-3-5-10(9)13(11)17-14(8)16/h2-7H,1H2. The SMILES string of the molecule is C=C1C(=O)Oc2c(ccc3ccccc23)C1=O.